The Bertz CT molecular complexity index is 265. The molecule has 0 atom stereocenters. The number of nitrogen functional groups attached to an aromatic ring is 1. The number of hydrogen-bond acceptors (Lipinski definition) is 2. The van der Waals surface area contributed by atoms with E-state index in [0.717, 1.165) is 6.20 Å². The highest BCUT2D eigenvalue weighted by Gasteiger charge is 2.12. The maximum Gasteiger partial charge on any atom is 0.267 e. The molecule has 1 aromatic rings. The number of halogens is 3. The smallest absolute Gasteiger partial charge is 0.267 e. The monoisotopic (exact) mass is 178 g/mol. The first-order valence-electron chi connectivity index (χ1n) is 2.80. The van der Waals surface area contributed by atoms with Gasteiger partial charge in [-0.25, -0.2) is 8.78 Å². The lowest BCUT2D eigenvalue weighted by Gasteiger charge is -2.03. The van der Waals surface area contributed by atoms with Crippen LogP contribution in [0, 0.1) is 0 Å². The van der Waals surface area contributed by atoms with E-state index >= 15 is 0 Å². The highest BCUT2D eigenvalue weighted by molar-refractivity contribution is 6.33. The molecule has 60 valence electrons. The van der Waals surface area contributed by atoms with Crippen molar-refractivity contribution in [1.82, 2.24) is 4.98 Å². The molecule has 0 aliphatic carbocycles. The number of alkyl halides is 2. The molecule has 1 heterocycles. The van der Waals surface area contributed by atoms with Crippen molar-refractivity contribution in [3.8, 4) is 0 Å². The molecule has 0 aromatic carbocycles. The quantitative estimate of drug-likeness (QED) is 0.717. The van der Waals surface area contributed by atoms with Crippen LogP contribution >= 0.6 is 11.6 Å². The second-order valence-corrected chi connectivity index (χ2v) is 2.33. The minimum atomic E-state index is -2.62. The number of rotatable bonds is 1. The van der Waals surface area contributed by atoms with E-state index in [4.69, 9.17) is 17.3 Å². The number of aromatic nitrogens is 1. The van der Waals surface area contributed by atoms with E-state index in [2.05, 4.69) is 4.98 Å². The van der Waals surface area contributed by atoms with E-state index in [1.165, 1.54) is 6.20 Å². The average Bonchev–Trinajstić information content (AvgIpc) is 1.94. The van der Waals surface area contributed by atoms with Gasteiger partial charge in [-0.3, -0.25) is 4.98 Å². The first-order chi connectivity index (χ1) is 5.13. The first kappa shape index (κ1) is 8.20. The first-order valence-corrected chi connectivity index (χ1v) is 3.17. The molecule has 0 saturated heterocycles. The molecular formula is C6H5ClF2N2. The number of nitrogens with zero attached hydrogens (tertiary/aromatic N) is 1. The second-order valence-electron chi connectivity index (χ2n) is 1.92. The van der Waals surface area contributed by atoms with Gasteiger partial charge in [-0.15, -0.1) is 0 Å². The fourth-order valence-corrected chi connectivity index (χ4v) is 0.799. The van der Waals surface area contributed by atoms with Gasteiger partial charge >= 0.3 is 0 Å². The van der Waals surface area contributed by atoms with Gasteiger partial charge in [0.2, 0.25) is 0 Å². The minimum absolute atomic E-state index is 0.0581. The zero-order valence-electron chi connectivity index (χ0n) is 5.39. The van der Waals surface area contributed by atoms with Gasteiger partial charge in [-0.1, -0.05) is 11.6 Å². The number of hydrogen-bond donors (Lipinski definition) is 1. The van der Waals surface area contributed by atoms with Crippen LogP contribution in [0.4, 0.5) is 14.5 Å². The van der Waals surface area contributed by atoms with Gasteiger partial charge < -0.3 is 5.73 Å². The average molecular weight is 179 g/mol. The molecule has 1 rings (SSSR count). The molecule has 1 aromatic heterocycles. The van der Waals surface area contributed by atoms with Gasteiger partial charge in [-0.2, -0.15) is 0 Å². The highest BCUT2D eigenvalue weighted by atomic mass is 35.5. The third-order valence-electron chi connectivity index (χ3n) is 1.20. The maximum absolute atomic E-state index is 12.0. The molecule has 0 spiro atoms. The van der Waals surface area contributed by atoms with E-state index in [1.54, 1.807) is 0 Å². The Hall–Kier alpha value is -0.900. The summed E-state index contributed by atoms with van der Waals surface area (Å²) in [5, 5.41) is 0.0581. The predicted octanol–water partition coefficient (Wildman–Crippen LogP) is 2.25. The zero-order chi connectivity index (χ0) is 8.43. The molecule has 0 radical (unpaired) electrons. The van der Waals surface area contributed by atoms with Gasteiger partial charge in [0.05, 0.1) is 16.3 Å². The van der Waals surface area contributed by atoms with Crippen molar-refractivity contribution in [2.24, 2.45) is 0 Å². The molecule has 11 heavy (non-hydrogen) atoms. The van der Waals surface area contributed by atoms with Crippen LogP contribution in [0.15, 0.2) is 12.4 Å². The van der Waals surface area contributed by atoms with Crippen molar-refractivity contribution in [2.45, 2.75) is 6.43 Å². The number of pyridine rings is 1. The summed E-state index contributed by atoms with van der Waals surface area (Å²) in [7, 11) is 0. The second kappa shape index (κ2) is 3.00. The highest BCUT2D eigenvalue weighted by Crippen LogP contribution is 2.28. The minimum Gasteiger partial charge on any atom is -0.397 e. The lowest BCUT2D eigenvalue weighted by atomic mass is 10.2. The largest absolute Gasteiger partial charge is 0.397 e. The van der Waals surface area contributed by atoms with Gasteiger partial charge in [0, 0.05) is 12.4 Å². The standard InChI is InChI=1S/C6H5ClF2N2/c7-4-2-11-1-3(5(4)10)6(8)9/h1-2,6H,(H2,10,11). The molecule has 0 aliphatic heterocycles. The summed E-state index contributed by atoms with van der Waals surface area (Å²) < 4.78 is 24.1. The Morgan fingerprint density at radius 3 is 2.55 bits per heavy atom. The fourth-order valence-electron chi connectivity index (χ4n) is 0.634. The van der Waals surface area contributed by atoms with E-state index in [0.29, 0.717) is 0 Å². The molecule has 0 unspecified atom stereocenters. The molecular weight excluding hydrogens is 174 g/mol. The Morgan fingerprint density at radius 1 is 1.45 bits per heavy atom. The van der Waals surface area contributed by atoms with Crippen LogP contribution < -0.4 is 5.73 Å². The fraction of sp³-hybridized carbons (Fsp3) is 0.167. The summed E-state index contributed by atoms with van der Waals surface area (Å²) in [4.78, 5) is 3.47. The van der Waals surface area contributed by atoms with E-state index < -0.39 is 6.43 Å². The molecule has 0 amide bonds. The van der Waals surface area contributed by atoms with Crippen LogP contribution in [0.1, 0.15) is 12.0 Å². The molecule has 0 fully saturated rings. The normalized spacial score (nSPS) is 10.5. The summed E-state index contributed by atoms with van der Waals surface area (Å²) in [6.45, 7) is 0. The van der Waals surface area contributed by atoms with E-state index in [1.807, 2.05) is 0 Å². The van der Waals surface area contributed by atoms with Gasteiger partial charge in [0.25, 0.3) is 6.43 Å². The van der Waals surface area contributed by atoms with Crippen LogP contribution in [0.5, 0.6) is 0 Å². The summed E-state index contributed by atoms with van der Waals surface area (Å²) >= 11 is 5.44. The summed E-state index contributed by atoms with van der Waals surface area (Å²) in [5.74, 6) is 0. The van der Waals surface area contributed by atoms with Crippen molar-refractivity contribution in [1.29, 1.82) is 0 Å². The summed E-state index contributed by atoms with van der Waals surface area (Å²) in [5.41, 5.74) is 4.81. The molecule has 2 nitrogen and oxygen atoms in total. The SMILES string of the molecule is Nc1c(Cl)cncc1C(F)F. The Balaban J connectivity index is 3.17. The van der Waals surface area contributed by atoms with Crippen molar-refractivity contribution in [3.05, 3.63) is 23.0 Å². The van der Waals surface area contributed by atoms with Crippen molar-refractivity contribution < 1.29 is 8.78 Å². The third kappa shape index (κ3) is 1.57. The van der Waals surface area contributed by atoms with Gasteiger partial charge in [0.15, 0.2) is 0 Å². The van der Waals surface area contributed by atoms with Crippen molar-refractivity contribution in [3.63, 3.8) is 0 Å². The Morgan fingerprint density at radius 2 is 2.09 bits per heavy atom. The Kier molecular flexibility index (Phi) is 2.24. The maximum atomic E-state index is 12.0. The van der Waals surface area contributed by atoms with Crippen LogP contribution in [-0.2, 0) is 0 Å². The van der Waals surface area contributed by atoms with Gasteiger partial charge in [-0.05, 0) is 0 Å². The van der Waals surface area contributed by atoms with Crippen LogP contribution in [0.3, 0.4) is 0 Å². The number of nitrogens with two attached hydrogens (primary N) is 1. The third-order valence-corrected chi connectivity index (χ3v) is 1.51. The molecule has 0 aliphatic rings. The zero-order valence-corrected chi connectivity index (χ0v) is 6.15. The van der Waals surface area contributed by atoms with Crippen LogP contribution in [-0.4, -0.2) is 4.98 Å². The summed E-state index contributed by atoms with van der Waals surface area (Å²) in [6, 6.07) is 0. The Labute approximate surface area is 67.0 Å². The van der Waals surface area contributed by atoms with Gasteiger partial charge in [0.1, 0.15) is 0 Å². The van der Waals surface area contributed by atoms with E-state index in [9.17, 15) is 8.78 Å². The molecule has 0 bridgehead atoms. The topological polar surface area (TPSA) is 38.9 Å². The van der Waals surface area contributed by atoms with Crippen LogP contribution in [0.2, 0.25) is 5.02 Å². The molecule has 0 saturated carbocycles. The van der Waals surface area contributed by atoms with Crippen molar-refractivity contribution in [2.75, 3.05) is 5.73 Å². The van der Waals surface area contributed by atoms with Crippen LogP contribution in [0.25, 0.3) is 0 Å². The lowest BCUT2D eigenvalue weighted by molar-refractivity contribution is 0.152. The summed E-state index contributed by atoms with van der Waals surface area (Å²) in [6.07, 6.45) is -0.393. The van der Waals surface area contributed by atoms with E-state index in [-0.39, 0.29) is 16.3 Å². The lowest BCUT2D eigenvalue weighted by Crippen LogP contribution is -1.96. The van der Waals surface area contributed by atoms with Crippen molar-refractivity contribution >= 4 is 17.3 Å². The molecule has 2 N–H and O–H groups in total. The molecule has 5 heteroatoms. The number of anilines is 1. The predicted molar refractivity (Wildman–Crippen MR) is 38.6 cm³/mol.